The van der Waals surface area contributed by atoms with E-state index < -0.39 is 0 Å². The number of halogens is 1. The molecular formula is C2H9ClN4. The largest absolute Gasteiger partial charge is 0.359 e. The van der Waals surface area contributed by atoms with Gasteiger partial charge in [-0.1, -0.05) is 0 Å². The van der Waals surface area contributed by atoms with Crippen LogP contribution in [0.25, 0.3) is 0 Å². The smallest absolute Gasteiger partial charge is 0.202 e. The Morgan fingerprint density at radius 2 is 2.14 bits per heavy atom. The van der Waals surface area contributed by atoms with Crippen LogP contribution in [0.3, 0.4) is 0 Å². The zero-order valence-electron chi connectivity index (χ0n) is 3.99. The minimum Gasteiger partial charge on any atom is -0.359 e. The van der Waals surface area contributed by atoms with Crippen molar-refractivity contribution in [3.63, 3.8) is 0 Å². The van der Waals surface area contributed by atoms with Crippen molar-refractivity contribution in [2.45, 2.75) is 0 Å². The van der Waals surface area contributed by atoms with Gasteiger partial charge in [0.2, 0.25) is 5.96 Å². The maximum Gasteiger partial charge on any atom is 0.202 e. The molecule has 0 unspecified atom stereocenters. The van der Waals surface area contributed by atoms with Gasteiger partial charge in [-0.15, -0.1) is 12.4 Å². The third-order valence-corrected chi connectivity index (χ3v) is 0.394. The number of nitrogens with two attached hydrogens (primary N) is 1. The Balaban J connectivity index is 0. The van der Waals surface area contributed by atoms with Crippen LogP contribution >= 0.6 is 12.4 Å². The van der Waals surface area contributed by atoms with E-state index in [0.29, 0.717) is 0 Å². The first-order chi connectivity index (χ1) is 2.81. The van der Waals surface area contributed by atoms with Crippen LogP contribution in [0.1, 0.15) is 0 Å². The predicted octanol–water partition coefficient (Wildman–Crippen LogP) is -0.974. The summed E-state index contributed by atoms with van der Waals surface area (Å²) in [6, 6.07) is 0. The molecular weight excluding hydrogens is 116 g/mol. The highest BCUT2D eigenvalue weighted by molar-refractivity contribution is 5.85. The summed E-state index contributed by atoms with van der Waals surface area (Å²) in [6.45, 7) is 0. The van der Waals surface area contributed by atoms with Crippen molar-refractivity contribution in [3.8, 4) is 0 Å². The van der Waals surface area contributed by atoms with Gasteiger partial charge in [-0.3, -0.25) is 10.8 Å². The van der Waals surface area contributed by atoms with Crippen molar-refractivity contribution >= 4 is 18.4 Å². The molecule has 0 aromatic rings. The summed E-state index contributed by atoms with van der Waals surface area (Å²) >= 11 is 0. The van der Waals surface area contributed by atoms with Crippen LogP contribution in [0.5, 0.6) is 0 Å². The Labute approximate surface area is 48.4 Å². The summed E-state index contributed by atoms with van der Waals surface area (Å²) < 4.78 is 0. The fourth-order valence-electron chi connectivity index (χ4n) is 0.0722. The topological polar surface area (TPSA) is 73.9 Å². The lowest BCUT2D eigenvalue weighted by atomic mass is 11.0. The molecule has 0 aromatic carbocycles. The zero-order valence-corrected chi connectivity index (χ0v) is 4.80. The summed E-state index contributed by atoms with van der Waals surface area (Å²) in [5, 5.41) is 9.10. The average Bonchev–Trinajstić information content (AvgIpc) is 1.65. The molecule has 0 aliphatic carbocycles. The van der Waals surface area contributed by atoms with Crippen molar-refractivity contribution < 1.29 is 0 Å². The summed E-state index contributed by atoms with van der Waals surface area (Å²) in [6.07, 6.45) is 0. The highest BCUT2D eigenvalue weighted by Gasteiger charge is 1.75. The lowest BCUT2D eigenvalue weighted by Gasteiger charge is -1.95. The van der Waals surface area contributed by atoms with Gasteiger partial charge in [0.05, 0.1) is 0 Å². The van der Waals surface area contributed by atoms with Gasteiger partial charge in [-0.2, -0.15) is 0 Å². The molecule has 0 bridgehead atoms. The first-order valence-corrected chi connectivity index (χ1v) is 1.54. The molecule has 0 heterocycles. The number of hydrogen-bond donors (Lipinski definition) is 4. The van der Waals surface area contributed by atoms with E-state index >= 15 is 0 Å². The van der Waals surface area contributed by atoms with E-state index in [0.717, 1.165) is 0 Å². The van der Waals surface area contributed by atoms with Crippen LogP contribution in [-0.4, -0.2) is 13.0 Å². The van der Waals surface area contributed by atoms with E-state index in [2.05, 4.69) is 10.7 Å². The molecule has 5 heteroatoms. The zero-order chi connectivity index (χ0) is 4.99. The molecule has 0 aliphatic heterocycles. The van der Waals surface area contributed by atoms with Crippen molar-refractivity contribution in [1.82, 2.24) is 10.7 Å². The molecule has 0 radical (unpaired) electrons. The van der Waals surface area contributed by atoms with Gasteiger partial charge in [0.15, 0.2) is 0 Å². The highest BCUT2D eigenvalue weighted by Crippen LogP contribution is 1.39. The van der Waals surface area contributed by atoms with Crippen LogP contribution in [0.2, 0.25) is 0 Å². The van der Waals surface area contributed by atoms with E-state index in [4.69, 9.17) is 11.3 Å². The second-order valence-electron chi connectivity index (χ2n) is 0.769. The minimum atomic E-state index is 0. The fourth-order valence-corrected chi connectivity index (χ4v) is 0.0722. The second-order valence-corrected chi connectivity index (χ2v) is 0.769. The van der Waals surface area contributed by atoms with E-state index in [1.807, 2.05) is 0 Å². The average molecular weight is 125 g/mol. The Morgan fingerprint density at radius 3 is 2.14 bits per heavy atom. The minimum absolute atomic E-state index is 0. The molecule has 0 rings (SSSR count). The van der Waals surface area contributed by atoms with Crippen LogP contribution in [0.4, 0.5) is 0 Å². The number of hydrazine groups is 1. The first kappa shape index (κ1) is 9.72. The first-order valence-electron chi connectivity index (χ1n) is 1.54. The van der Waals surface area contributed by atoms with Crippen LogP contribution in [0, 0.1) is 5.41 Å². The van der Waals surface area contributed by atoms with E-state index in [9.17, 15) is 0 Å². The summed E-state index contributed by atoms with van der Waals surface area (Å²) in [5.74, 6) is 4.87. The molecule has 0 spiro atoms. The van der Waals surface area contributed by atoms with Crippen molar-refractivity contribution in [3.05, 3.63) is 0 Å². The van der Waals surface area contributed by atoms with Crippen molar-refractivity contribution in [1.29, 1.82) is 5.41 Å². The third kappa shape index (κ3) is 5.52. The monoisotopic (exact) mass is 124 g/mol. The summed E-state index contributed by atoms with van der Waals surface area (Å²) in [7, 11) is 1.61. The number of rotatable bonds is 0. The van der Waals surface area contributed by atoms with Gasteiger partial charge < -0.3 is 5.32 Å². The normalized spacial score (nSPS) is 6.00. The van der Waals surface area contributed by atoms with Crippen LogP contribution in [-0.2, 0) is 0 Å². The number of nitrogens with one attached hydrogen (secondary N) is 3. The van der Waals surface area contributed by atoms with Crippen molar-refractivity contribution in [2.24, 2.45) is 5.84 Å². The lowest BCUT2D eigenvalue weighted by Crippen LogP contribution is -2.38. The Kier molecular flexibility index (Phi) is 7.67. The fraction of sp³-hybridized carbons (Fsp3) is 0.500. The standard InChI is InChI=1S/C2H8N4.ClH/c1-5-2(3)6-4;/h4H2,1H3,(H3,3,5,6);1H. The molecule has 0 saturated carbocycles. The predicted molar refractivity (Wildman–Crippen MR) is 31.4 cm³/mol. The SMILES string of the molecule is CNC(=N)NN.Cl. The van der Waals surface area contributed by atoms with Gasteiger partial charge in [0.25, 0.3) is 0 Å². The van der Waals surface area contributed by atoms with Crippen LogP contribution in [0.15, 0.2) is 0 Å². The van der Waals surface area contributed by atoms with E-state index in [1.54, 1.807) is 7.05 Å². The van der Waals surface area contributed by atoms with Crippen molar-refractivity contribution in [2.75, 3.05) is 7.05 Å². The number of guanidine groups is 1. The Morgan fingerprint density at radius 1 is 1.71 bits per heavy atom. The van der Waals surface area contributed by atoms with Gasteiger partial charge in [0.1, 0.15) is 0 Å². The quantitative estimate of drug-likeness (QED) is 0.145. The lowest BCUT2D eigenvalue weighted by molar-refractivity contribution is 0.931. The maximum atomic E-state index is 6.64. The van der Waals surface area contributed by atoms with E-state index in [-0.39, 0.29) is 18.4 Å². The van der Waals surface area contributed by atoms with Gasteiger partial charge in [-0.05, 0) is 0 Å². The molecule has 44 valence electrons. The number of hydrogen-bond acceptors (Lipinski definition) is 2. The Bertz CT molecular complexity index is 47.7. The molecule has 0 aromatic heterocycles. The molecule has 0 amide bonds. The van der Waals surface area contributed by atoms with Crippen LogP contribution < -0.4 is 16.6 Å². The molecule has 0 saturated heterocycles. The molecule has 0 aliphatic rings. The third-order valence-electron chi connectivity index (χ3n) is 0.394. The van der Waals surface area contributed by atoms with E-state index in [1.165, 1.54) is 0 Å². The van der Waals surface area contributed by atoms with Gasteiger partial charge in [0, 0.05) is 7.05 Å². The van der Waals surface area contributed by atoms with Gasteiger partial charge >= 0.3 is 0 Å². The molecule has 5 N–H and O–H groups in total. The summed E-state index contributed by atoms with van der Waals surface area (Å²) in [4.78, 5) is 0. The second kappa shape index (κ2) is 5.52. The summed E-state index contributed by atoms with van der Waals surface area (Å²) in [5.41, 5.74) is 2.09. The molecule has 7 heavy (non-hydrogen) atoms. The maximum absolute atomic E-state index is 6.64. The Hall–Kier alpha value is -0.480. The molecule has 0 fully saturated rings. The van der Waals surface area contributed by atoms with Gasteiger partial charge in [-0.25, -0.2) is 5.84 Å². The molecule has 0 atom stereocenters. The molecule has 4 nitrogen and oxygen atoms in total. The highest BCUT2D eigenvalue weighted by atomic mass is 35.5.